The van der Waals surface area contributed by atoms with E-state index in [1.165, 1.54) is 4.90 Å². The zero-order valence-electron chi connectivity index (χ0n) is 19.1. The summed E-state index contributed by atoms with van der Waals surface area (Å²) >= 11 is 0. The van der Waals surface area contributed by atoms with Crippen LogP contribution in [0, 0.1) is 16.7 Å². The number of hydrogen-bond acceptors (Lipinski definition) is 3. The number of benzene rings is 2. The van der Waals surface area contributed by atoms with Gasteiger partial charge in [-0.15, -0.1) is 0 Å². The molecule has 2 bridgehead atoms. The average molecular weight is 433 g/mol. The Morgan fingerprint density at radius 3 is 2.12 bits per heavy atom. The first-order valence-corrected chi connectivity index (χ1v) is 11.5. The van der Waals surface area contributed by atoms with Crippen LogP contribution in [-0.2, 0) is 14.4 Å². The SMILES string of the molecule is CC12CCC(C(=O)N(CCCC(=O)NC(c3ccccc3)c3ccccc3)C1=O)C2(C)C. The number of hydrogen-bond donors (Lipinski definition) is 1. The molecule has 1 aliphatic heterocycles. The third-order valence-corrected chi connectivity index (χ3v) is 7.86. The number of carbonyl (C=O) groups is 3. The lowest BCUT2D eigenvalue weighted by Gasteiger charge is -2.47. The Labute approximate surface area is 190 Å². The number of amides is 3. The van der Waals surface area contributed by atoms with E-state index in [-0.39, 0.29) is 41.5 Å². The van der Waals surface area contributed by atoms with E-state index in [2.05, 4.69) is 5.32 Å². The number of rotatable bonds is 7. The summed E-state index contributed by atoms with van der Waals surface area (Å²) in [6.07, 6.45) is 2.24. The molecule has 0 radical (unpaired) electrons. The highest BCUT2D eigenvalue weighted by Gasteiger charge is 2.64. The first-order valence-electron chi connectivity index (χ1n) is 11.5. The molecule has 5 heteroatoms. The second-order valence-corrected chi connectivity index (χ2v) is 9.87. The molecule has 0 spiro atoms. The molecule has 2 fully saturated rings. The predicted octanol–water partition coefficient (Wildman–Crippen LogP) is 4.48. The highest BCUT2D eigenvalue weighted by Crippen LogP contribution is 2.60. The molecule has 168 valence electrons. The molecule has 2 unspecified atom stereocenters. The van der Waals surface area contributed by atoms with Crippen molar-refractivity contribution in [1.82, 2.24) is 10.2 Å². The number of fused-ring (bicyclic) bond motifs is 2. The van der Waals surface area contributed by atoms with E-state index in [0.29, 0.717) is 13.0 Å². The van der Waals surface area contributed by atoms with Gasteiger partial charge in [-0.1, -0.05) is 81.4 Å². The molecule has 1 N–H and O–H groups in total. The van der Waals surface area contributed by atoms with Crippen molar-refractivity contribution in [2.24, 2.45) is 16.7 Å². The number of nitrogens with zero attached hydrogens (tertiary/aromatic N) is 1. The van der Waals surface area contributed by atoms with Crippen molar-refractivity contribution < 1.29 is 14.4 Å². The third kappa shape index (κ3) is 3.74. The molecule has 2 atom stereocenters. The summed E-state index contributed by atoms with van der Waals surface area (Å²) in [6.45, 7) is 6.37. The number of nitrogens with one attached hydrogen (secondary N) is 1. The monoisotopic (exact) mass is 432 g/mol. The highest BCUT2D eigenvalue weighted by molar-refractivity contribution is 6.03. The van der Waals surface area contributed by atoms with Gasteiger partial charge in [0, 0.05) is 18.9 Å². The third-order valence-electron chi connectivity index (χ3n) is 7.86. The van der Waals surface area contributed by atoms with Gasteiger partial charge in [0.05, 0.1) is 11.5 Å². The maximum absolute atomic E-state index is 13.2. The number of carbonyl (C=O) groups excluding carboxylic acids is 3. The van der Waals surface area contributed by atoms with Crippen LogP contribution in [0.1, 0.15) is 63.6 Å². The highest BCUT2D eigenvalue weighted by atomic mass is 16.2. The molecule has 2 aliphatic rings. The van der Waals surface area contributed by atoms with Crippen LogP contribution in [0.15, 0.2) is 60.7 Å². The Morgan fingerprint density at radius 1 is 1.00 bits per heavy atom. The predicted molar refractivity (Wildman–Crippen MR) is 123 cm³/mol. The zero-order valence-corrected chi connectivity index (χ0v) is 19.1. The molecule has 1 saturated carbocycles. The van der Waals surface area contributed by atoms with Gasteiger partial charge in [0.15, 0.2) is 0 Å². The molecule has 3 amide bonds. The summed E-state index contributed by atoms with van der Waals surface area (Å²) in [5, 5.41) is 3.13. The van der Waals surface area contributed by atoms with Gasteiger partial charge in [-0.2, -0.15) is 0 Å². The van der Waals surface area contributed by atoms with Gasteiger partial charge in [0.25, 0.3) is 0 Å². The summed E-state index contributed by atoms with van der Waals surface area (Å²) in [7, 11) is 0. The van der Waals surface area contributed by atoms with Gasteiger partial charge in [0.2, 0.25) is 17.7 Å². The number of likely N-dealkylation sites (tertiary alicyclic amines) is 1. The minimum absolute atomic E-state index is 0.0677. The fourth-order valence-electron chi connectivity index (χ4n) is 5.39. The second-order valence-electron chi connectivity index (χ2n) is 9.87. The van der Waals surface area contributed by atoms with E-state index >= 15 is 0 Å². The fourth-order valence-corrected chi connectivity index (χ4v) is 5.39. The van der Waals surface area contributed by atoms with Crippen molar-refractivity contribution in [1.29, 1.82) is 0 Å². The van der Waals surface area contributed by atoms with Crippen LogP contribution in [0.25, 0.3) is 0 Å². The quantitative estimate of drug-likeness (QED) is 0.656. The van der Waals surface area contributed by atoms with Crippen LogP contribution in [0.2, 0.25) is 0 Å². The van der Waals surface area contributed by atoms with Crippen LogP contribution < -0.4 is 5.32 Å². The summed E-state index contributed by atoms with van der Waals surface area (Å²) in [5.41, 5.74) is 1.22. The molecule has 2 aromatic rings. The minimum Gasteiger partial charge on any atom is -0.345 e. The van der Waals surface area contributed by atoms with E-state index in [0.717, 1.165) is 24.0 Å². The van der Waals surface area contributed by atoms with Crippen molar-refractivity contribution in [3.8, 4) is 0 Å². The van der Waals surface area contributed by atoms with E-state index in [1.54, 1.807) is 0 Å². The Morgan fingerprint density at radius 2 is 1.56 bits per heavy atom. The van der Waals surface area contributed by atoms with E-state index in [9.17, 15) is 14.4 Å². The van der Waals surface area contributed by atoms with E-state index in [4.69, 9.17) is 0 Å². The number of piperidine rings is 1. The maximum atomic E-state index is 13.2. The summed E-state index contributed by atoms with van der Waals surface area (Å²) < 4.78 is 0. The molecule has 1 saturated heterocycles. The Hall–Kier alpha value is -2.95. The smallest absolute Gasteiger partial charge is 0.235 e. The normalized spacial score (nSPS) is 24.1. The fraction of sp³-hybridized carbons (Fsp3) is 0.444. The van der Waals surface area contributed by atoms with Gasteiger partial charge in [-0.25, -0.2) is 0 Å². The van der Waals surface area contributed by atoms with Gasteiger partial charge in [-0.05, 0) is 35.8 Å². The van der Waals surface area contributed by atoms with Gasteiger partial charge in [-0.3, -0.25) is 19.3 Å². The van der Waals surface area contributed by atoms with Crippen LogP contribution in [0.4, 0.5) is 0 Å². The summed E-state index contributed by atoms with van der Waals surface area (Å²) in [4.78, 5) is 40.4. The molecule has 5 nitrogen and oxygen atoms in total. The molecule has 0 aromatic heterocycles. The molecule has 1 heterocycles. The Kier molecular flexibility index (Phi) is 5.93. The van der Waals surface area contributed by atoms with Crippen molar-refractivity contribution in [3.63, 3.8) is 0 Å². The average Bonchev–Trinajstić information content (AvgIpc) is 2.99. The molecule has 2 aromatic carbocycles. The molecular weight excluding hydrogens is 400 g/mol. The molecular formula is C27H32N2O3. The first-order chi connectivity index (χ1) is 15.3. The van der Waals surface area contributed by atoms with Gasteiger partial charge in [0.1, 0.15) is 0 Å². The number of imide groups is 1. The lowest BCUT2D eigenvalue weighted by Crippen LogP contribution is -2.59. The minimum atomic E-state index is -0.500. The van der Waals surface area contributed by atoms with E-state index in [1.807, 2.05) is 81.4 Å². The lowest BCUT2D eigenvalue weighted by molar-refractivity contribution is -0.168. The Bertz CT molecular complexity index is 963. The van der Waals surface area contributed by atoms with Gasteiger partial charge >= 0.3 is 0 Å². The lowest BCUT2D eigenvalue weighted by atomic mass is 9.62. The van der Waals surface area contributed by atoms with Crippen molar-refractivity contribution in [3.05, 3.63) is 71.8 Å². The zero-order chi connectivity index (χ0) is 22.9. The first kappa shape index (κ1) is 22.3. The van der Waals surface area contributed by atoms with Crippen LogP contribution in [0.5, 0.6) is 0 Å². The summed E-state index contributed by atoms with van der Waals surface area (Å²) in [5.74, 6) is -0.344. The van der Waals surface area contributed by atoms with Crippen molar-refractivity contribution >= 4 is 17.7 Å². The standard InChI is InChI=1S/C27H32N2O3/c1-26(2)21-16-17-27(26,3)25(32)29(24(21)31)18-10-15-22(30)28-23(19-11-6-4-7-12-19)20-13-8-5-9-14-20/h4-9,11-14,21,23H,10,15-18H2,1-3H3,(H,28,30). The maximum Gasteiger partial charge on any atom is 0.235 e. The van der Waals surface area contributed by atoms with Crippen LogP contribution in [0.3, 0.4) is 0 Å². The molecule has 32 heavy (non-hydrogen) atoms. The Balaban J connectivity index is 1.40. The van der Waals surface area contributed by atoms with Crippen molar-refractivity contribution in [2.75, 3.05) is 6.54 Å². The van der Waals surface area contributed by atoms with Gasteiger partial charge < -0.3 is 5.32 Å². The molecule has 1 aliphatic carbocycles. The topological polar surface area (TPSA) is 66.5 Å². The van der Waals surface area contributed by atoms with Crippen LogP contribution >= 0.6 is 0 Å². The van der Waals surface area contributed by atoms with Crippen molar-refractivity contribution in [2.45, 2.75) is 52.5 Å². The van der Waals surface area contributed by atoms with Crippen LogP contribution in [-0.4, -0.2) is 29.2 Å². The second kappa shape index (κ2) is 8.53. The van der Waals surface area contributed by atoms with E-state index < -0.39 is 5.41 Å². The largest absolute Gasteiger partial charge is 0.345 e. The summed E-state index contributed by atoms with van der Waals surface area (Å²) in [6, 6.07) is 19.5. The molecule has 4 rings (SSSR count).